The molecule has 1 saturated carbocycles. The second kappa shape index (κ2) is 6.64. The van der Waals surface area contributed by atoms with E-state index < -0.39 is 5.41 Å². The Morgan fingerprint density at radius 1 is 1.24 bits per heavy atom. The first-order valence-corrected chi connectivity index (χ1v) is 7.29. The van der Waals surface area contributed by atoms with Gasteiger partial charge >= 0.3 is 0 Å². The van der Waals surface area contributed by atoms with E-state index in [1.54, 1.807) is 25.3 Å². The Labute approximate surface area is 132 Å². The third-order valence-electron chi connectivity index (χ3n) is 3.41. The summed E-state index contributed by atoms with van der Waals surface area (Å²) in [6.07, 6.45) is 1.03. The Hall–Kier alpha value is -1.30. The lowest BCUT2D eigenvalue weighted by atomic mass is 10.1. The minimum atomic E-state index is -1.02. The number of hydrogen-bond acceptors (Lipinski definition) is 3. The van der Waals surface area contributed by atoms with Crippen molar-refractivity contribution in [1.29, 1.82) is 0 Å². The second-order valence-corrected chi connectivity index (χ2v) is 5.70. The highest BCUT2D eigenvalue weighted by Crippen LogP contribution is 2.47. The molecular weight excluding hydrogens is 315 g/mol. The van der Waals surface area contributed by atoms with Crippen molar-refractivity contribution >= 4 is 40.7 Å². The van der Waals surface area contributed by atoms with Gasteiger partial charge in [-0.15, -0.1) is 0 Å². The van der Waals surface area contributed by atoms with Crippen molar-refractivity contribution < 1.29 is 14.3 Å². The molecule has 0 atom stereocenters. The number of methoxy groups -OCH3 is 1. The Kier molecular flexibility index (Phi) is 5.08. The number of nitrogens with one attached hydrogen (secondary N) is 2. The molecule has 7 heteroatoms. The second-order valence-electron chi connectivity index (χ2n) is 4.88. The monoisotopic (exact) mass is 330 g/mol. The van der Waals surface area contributed by atoms with Gasteiger partial charge in [0.1, 0.15) is 5.41 Å². The number of carbonyl (C=O) groups is 2. The van der Waals surface area contributed by atoms with Gasteiger partial charge in [0, 0.05) is 13.7 Å². The molecule has 1 aromatic rings. The molecule has 0 aliphatic heterocycles. The molecule has 21 heavy (non-hydrogen) atoms. The number of para-hydroxylation sites is 1. The van der Waals surface area contributed by atoms with Crippen LogP contribution >= 0.6 is 23.2 Å². The first kappa shape index (κ1) is 16.1. The topological polar surface area (TPSA) is 67.4 Å². The molecule has 0 radical (unpaired) electrons. The maximum absolute atomic E-state index is 12.4. The van der Waals surface area contributed by atoms with E-state index in [1.807, 2.05) is 0 Å². The van der Waals surface area contributed by atoms with Crippen molar-refractivity contribution in [2.24, 2.45) is 5.41 Å². The quantitative estimate of drug-likeness (QED) is 0.622. The molecule has 0 bridgehead atoms. The molecule has 0 spiro atoms. The van der Waals surface area contributed by atoms with Crippen molar-refractivity contribution in [3.63, 3.8) is 0 Å². The van der Waals surface area contributed by atoms with Gasteiger partial charge in [-0.05, 0) is 25.0 Å². The highest BCUT2D eigenvalue weighted by atomic mass is 35.5. The molecule has 2 amide bonds. The third kappa shape index (κ3) is 3.48. The van der Waals surface area contributed by atoms with Crippen LogP contribution in [0.5, 0.6) is 0 Å². The lowest BCUT2D eigenvalue weighted by Crippen LogP contribution is -2.41. The van der Waals surface area contributed by atoms with E-state index in [0.29, 0.717) is 41.7 Å². The molecular formula is C14H16Cl2N2O3. The summed E-state index contributed by atoms with van der Waals surface area (Å²) in [7, 11) is 1.55. The molecule has 0 saturated heterocycles. The summed E-state index contributed by atoms with van der Waals surface area (Å²) in [5.41, 5.74) is -0.683. The number of rotatable bonds is 6. The van der Waals surface area contributed by atoms with Crippen molar-refractivity contribution in [2.45, 2.75) is 12.8 Å². The van der Waals surface area contributed by atoms with Gasteiger partial charge in [0.15, 0.2) is 0 Å². The third-order valence-corrected chi connectivity index (χ3v) is 4.04. The number of carbonyl (C=O) groups excluding carboxylic acids is 2. The van der Waals surface area contributed by atoms with Crippen LogP contribution in [-0.4, -0.2) is 32.1 Å². The Balaban J connectivity index is 2.04. The average molecular weight is 331 g/mol. The van der Waals surface area contributed by atoms with E-state index in [9.17, 15) is 9.59 Å². The zero-order chi connectivity index (χ0) is 15.5. The molecule has 0 heterocycles. The van der Waals surface area contributed by atoms with E-state index in [-0.39, 0.29) is 11.8 Å². The van der Waals surface area contributed by atoms with E-state index >= 15 is 0 Å². The minimum Gasteiger partial charge on any atom is -0.383 e. The SMILES string of the molecule is COCCNC(=O)C1(C(=O)Nc2c(Cl)cccc2Cl)CC1. The Morgan fingerprint density at radius 2 is 1.86 bits per heavy atom. The van der Waals surface area contributed by atoms with Crippen LogP contribution in [0.4, 0.5) is 5.69 Å². The van der Waals surface area contributed by atoms with Gasteiger partial charge in [-0.25, -0.2) is 0 Å². The van der Waals surface area contributed by atoms with Gasteiger partial charge in [0.25, 0.3) is 0 Å². The molecule has 2 rings (SSSR count). The standard InChI is InChI=1S/C14H16Cl2N2O3/c1-21-8-7-17-12(19)14(5-6-14)13(20)18-11-9(15)3-2-4-10(11)16/h2-4H,5-8H2,1H3,(H,17,19)(H,18,20). The Bertz CT molecular complexity index is 539. The first-order chi connectivity index (χ1) is 10.0. The fourth-order valence-electron chi connectivity index (χ4n) is 1.97. The number of halogens is 2. The Morgan fingerprint density at radius 3 is 2.38 bits per heavy atom. The van der Waals surface area contributed by atoms with Crippen LogP contribution in [0.2, 0.25) is 10.0 Å². The maximum Gasteiger partial charge on any atom is 0.240 e. The number of benzene rings is 1. The van der Waals surface area contributed by atoms with Crippen LogP contribution in [0.15, 0.2) is 18.2 Å². The summed E-state index contributed by atoms with van der Waals surface area (Å²) in [5, 5.41) is 6.03. The summed E-state index contributed by atoms with van der Waals surface area (Å²) in [5.74, 6) is -0.673. The van der Waals surface area contributed by atoms with Gasteiger partial charge in [-0.2, -0.15) is 0 Å². The minimum absolute atomic E-state index is 0.291. The smallest absolute Gasteiger partial charge is 0.240 e. The highest BCUT2D eigenvalue weighted by Gasteiger charge is 2.56. The molecule has 5 nitrogen and oxygen atoms in total. The molecule has 1 aromatic carbocycles. The molecule has 114 valence electrons. The van der Waals surface area contributed by atoms with Crippen LogP contribution in [0, 0.1) is 5.41 Å². The largest absolute Gasteiger partial charge is 0.383 e. The maximum atomic E-state index is 12.4. The number of anilines is 1. The van der Waals surface area contributed by atoms with Gasteiger partial charge in [0.05, 0.1) is 22.3 Å². The van der Waals surface area contributed by atoms with E-state index in [0.717, 1.165) is 0 Å². The van der Waals surface area contributed by atoms with Crippen molar-refractivity contribution in [1.82, 2.24) is 5.32 Å². The summed E-state index contributed by atoms with van der Waals surface area (Å²) in [4.78, 5) is 24.5. The van der Waals surface area contributed by atoms with Crippen LogP contribution in [-0.2, 0) is 14.3 Å². The fourth-order valence-corrected chi connectivity index (χ4v) is 2.46. The van der Waals surface area contributed by atoms with Crippen LogP contribution < -0.4 is 10.6 Å². The van der Waals surface area contributed by atoms with Gasteiger partial charge in [-0.3, -0.25) is 9.59 Å². The van der Waals surface area contributed by atoms with Gasteiger partial charge < -0.3 is 15.4 Å². The van der Waals surface area contributed by atoms with Gasteiger partial charge in [0.2, 0.25) is 11.8 Å². The van der Waals surface area contributed by atoms with Crippen molar-refractivity contribution in [3.05, 3.63) is 28.2 Å². The summed E-state index contributed by atoms with van der Waals surface area (Å²) >= 11 is 12.0. The van der Waals surface area contributed by atoms with Crippen LogP contribution in [0.3, 0.4) is 0 Å². The fraction of sp³-hybridized carbons (Fsp3) is 0.429. The normalized spacial score (nSPS) is 15.4. The lowest BCUT2D eigenvalue weighted by molar-refractivity contribution is -0.134. The average Bonchev–Trinajstić information content (AvgIpc) is 3.24. The van der Waals surface area contributed by atoms with E-state index in [4.69, 9.17) is 27.9 Å². The van der Waals surface area contributed by atoms with E-state index in [2.05, 4.69) is 10.6 Å². The van der Waals surface area contributed by atoms with E-state index in [1.165, 1.54) is 0 Å². The molecule has 1 fully saturated rings. The van der Waals surface area contributed by atoms with Gasteiger partial charge in [-0.1, -0.05) is 29.3 Å². The molecule has 1 aliphatic carbocycles. The first-order valence-electron chi connectivity index (χ1n) is 6.54. The zero-order valence-corrected chi connectivity index (χ0v) is 13.1. The zero-order valence-electron chi connectivity index (χ0n) is 11.5. The molecule has 2 N–H and O–H groups in total. The van der Waals surface area contributed by atoms with Crippen LogP contribution in [0.25, 0.3) is 0 Å². The summed E-state index contributed by atoms with van der Waals surface area (Å²) in [6.45, 7) is 0.775. The number of amides is 2. The highest BCUT2D eigenvalue weighted by molar-refractivity contribution is 6.40. The summed E-state index contributed by atoms with van der Waals surface area (Å²) < 4.78 is 4.86. The number of hydrogen-bond donors (Lipinski definition) is 2. The van der Waals surface area contributed by atoms with Crippen LogP contribution in [0.1, 0.15) is 12.8 Å². The summed E-state index contributed by atoms with van der Waals surface area (Å²) in [6, 6.07) is 4.94. The predicted octanol–water partition coefficient (Wildman–Crippen LogP) is 2.47. The molecule has 0 unspecified atom stereocenters. The molecule has 0 aromatic heterocycles. The number of ether oxygens (including phenoxy) is 1. The lowest BCUT2D eigenvalue weighted by Gasteiger charge is -2.16. The molecule has 1 aliphatic rings. The predicted molar refractivity (Wildman–Crippen MR) is 81.6 cm³/mol. The van der Waals surface area contributed by atoms with Crippen molar-refractivity contribution in [2.75, 3.05) is 25.6 Å². The van der Waals surface area contributed by atoms with Crippen molar-refractivity contribution in [3.8, 4) is 0 Å².